The summed E-state index contributed by atoms with van der Waals surface area (Å²) in [4.78, 5) is 4.44. The number of hydrogen-bond donors (Lipinski definition) is 0. The first kappa shape index (κ1) is 11.7. The molecule has 0 aliphatic carbocycles. The molecule has 2 aromatic rings. The third kappa shape index (κ3) is 2.69. The molecular weight excluding hydrogens is 238 g/mol. The number of aromatic nitrogens is 1. The smallest absolute Gasteiger partial charge is 0.0742 e. The molecule has 0 amide bonds. The summed E-state index contributed by atoms with van der Waals surface area (Å²) in [5, 5.41) is 1.69. The Bertz CT molecular complexity index is 467. The van der Waals surface area contributed by atoms with Crippen molar-refractivity contribution in [3.63, 3.8) is 0 Å². The van der Waals surface area contributed by atoms with E-state index in [1.54, 1.807) is 0 Å². The van der Waals surface area contributed by atoms with Gasteiger partial charge in [0.15, 0.2) is 0 Å². The van der Waals surface area contributed by atoms with Crippen molar-refractivity contribution in [2.75, 3.05) is 5.88 Å². The van der Waals surface area contributed by atoms with Crippen LogP contribution in [0.2, 0.25) is 0 Å². The number of hydrogen-bond acceptors (Lipinski definition) is 2. The summed E-state index contributed by atoms with van der Waals surface area (Å²) < 4.78 is 0. The molecule has 0 spiro atoms. The van der Waals surface area contributed by atoms with Gasteiger partial charge in [-0.2, -0.15) is 11.8 Å². The Morgan fingerprint density at radius 1 is 1.31 bits per heavy atom. The molecule has 0 saturated carbocycles. The van der Waals surface area contributed by atoms with Crippen molar-refractivity contribution in [2.24, 2.45) is 0 Å². The van der Waals surface area contributed by atoms with Crippen LogP contribution in [0.15, 0.2) is 36.5 Å². The molecule has 1 unspecified atom stereocenters. The number of nitrogens with zero attached hydrogens (tertiary/aromatic N) is 1. The second-order valence-corrected chi connectivity index (χ2v) is 5.50. The standard InChI is InChI=1S/C13H14ClNS/c1-10(8-14)16-9-12-5-2-4-11-6-3-7-15-13(11)12/h2-7,10H,8-9H2,1H3. The lowest BCUT2D eigenvalue weighted by molar-refractivity contribution is 1.12. The Morgan fingerprint density at radius 2 is 2.12 bits per heavy atom. The van der Waals surface area contributed by atoms with Crippen molar-refractivity contribution >= 4 is 34.3 Å². The van der Waals surface area contributed by atoms with Gasteiger partial charge in [-0.3, -0.25) is 4.98 Å². The van der Waals surface area contributed by atoms with E-state index in [1.807, 2.05) is 24.0 Å². The number of alkyl halides is 1. The highest BCUT2D eigenvalue weighted by Gasteiger charge is 2.05. The van der Waals surface area contributed by atoms with Crippen LogP contribution in [-0.4, -0.2) is 16.1 Å². The second-order valence-electron chi connectivity index (χ2n) is 3.77. The van der Waals surface area contributed by atoms with Gasteiger partial charge in [-0.25, -0.2) is 0 Å². The van der Waals surface area contributed by atoms with Gasteiger partial charge in [-0.15, -0.1) is 11.6 Å². The van der Waals surface area contributed by atoms with Gasteiger partial charge in [0.1, 0.15) is 0 Å². The van der Waals surface area contributed by atoms with Crippen LogP contribution in [0, 0.1) is 0 Å². The fourth-order valence-electron chi connectivity index (χ4n) is 1.56. The minimum atomic E-state index is 0.487. The van der Waals surface area contributed by atoms with Gasteiger partial charge in [0.05, 0.1) is 5.52 Å². The maximum absolute atomic E-state index is 5.80. The van der Waals surface area contributed by atoms with Crippen molar-refractivity contribution in [1.29, 1.82) is 0 Å². The molecule has 1 nitrogen and oxygen atoms in total. The minimum absolute atomic E-state index is 0.487. The summed E-state index contributed by atoms with van der Waals surface area (Å²) >= 11 is 7.67. The van der Waals surface area contributed by atoms with Crippen LogP contribution in [0.1, 0.15) is 12.5 Å². The average Bonchev–Trinajstić information content (AvgIpc) is 2.35. The third-order valence-corrected chi connectivity index (χ3v) is 4.32. The summed E-state index contributed by atoms with van der Waals surface area (Å²) in [5.74, 6) is 1.67. The molecule has 0 bridgehead atoms. The molecule has 16 heavy (non-hydrogen) atoms. The molecule has 1 aromatic heterocycles. The van der Waals surface area contributed by atoms with Crippen molar-refractivity contribution in [1.82, 2.24) is 4.98 Å². The molecule has 0 aliphatic heterocycles. The molecule has 3 heteroatoms. The van der Waals surface area contributed by atoms with Crippen molar-refractivity contribution in [2.45, 2.75) is 17.9 Å². The predicted molar refractivity (Wildman–Crippen MR) is 73.2 cm³/mol. The summed E-state index contributed by atoms with van der Waals surface area (Å²) in [6, 6.07) is 10.4. The highest BCUT2D eigenvalue weighted by atomic mass is 35.5. The number of benzene rings is 1. The number of thioether (sulfide) groups is 1. The van der Waals surface area contributed by atoms with Crippen LogP contribution < -0.4 is 0 Å². The van der Waals surface area contributed by atoms with Crippen molar-refractivity contribution < 1.29 is 0 Å². The predicted octanol–water partition coefficient (Wildman–Crippen LogP) is 4.10. The topological polar surface area (TPSA) is 12.9 Å². The van der Waals surface area contributed by atoms with Gasteiger partial charge < -0.3 is 0 Å². The Balaban J connectivity index is 2.23. The molecule has 2 rings (SSSR count). The molecule has 84 valence electrons. The van der Waals surface area contributed by atoms with E-state index in [0.29, 0.717) is 11.1 Å². The number of pyridine rings is 1. The normalized spacial score (nSPS) is 12.9. The SMILES string of the molecule is CC(CCl)SCc1cccc2cccnc12. The first-order valence-electron chi connectivity index (χ1n) is 5.31. The lowest BCUT2D eigenvalue weighted by atomic mass is 10.1. The van der Waals surface area contributed by atoms with Crippen LogP contribution in [0.3, 0.4) is 0 Å². The first-order chi connectivity index (χ1) is 7.81. The van der Waals surface area contributed by atoms with Gasteiger partial charge in [0.2, 0.25) is 0 Å². The zero-order valence-electron chi connectivity index (χ0n) is 9.19. The molecule has 0 saturated heterocycles. The lowest BCUT2D eigenvalue weighted by Crippen LogP contribution is -1.98. The first-order valence-corrected chi connectivity index (χ1v) is 6.90. The average molecular weight is 252 g/mol. The molecular formula is C13H14ClNS. The molecule has 0 N–H and O–H groups in total. The van der Waals surface area contributed by atoms with Crippen LogP contribution in [0.5, 0.6) is 0 Å². The Morgan fingerprint density at radius 3 is 2.94 bits per heavy atom. The van der Waals surface area contributed by atoms with Crippen molar-refractivity contribution in [3.05, 3.63) is 42.1 Å². The fourth-order valence-corrected chi connectivity index (χ4v) is 2.61. The fraction of sp³-hybridized carbons (Fsp3) is 0.308. The summed E-state index contributed by atoms with van der Waals surface area (Å²) in [6.45, 7) is 2.15. The highest BCUT2D eigenvalue weighted by Crippen LogP contribution is 2.23. The van der Waals surface area contributed by atoms with E-state index >= 15 is 0 Å². The number of halogens is 1. The van der Waals surface area contributed by atoms with E-state index in [9.17, 15) is 0 Å². The quantitative estimate of drug-likeness (QED) is 0.759. The second kappa shape index (κ2) is 5.55. The monoisotopic (exact) mass is 251 g/mol. The van der Waals surface area contributed by atoms with E-state index in [4.69, 9.17) is 11.6 Å². The van der Waals surface area contributed by atoms with Gasteiger partial charge >= 0.3 is 0 Å². The summed E-state index contributed by atoms with van der Waals surface area (Å²) in [5.41, 5.74) is 2.40. The largest absolute Gasteiger partial charge is 0.256 e. The minimum Gasteiger partial charge on any atom is -0.256 e. The van der Waals surface area contributed by atoms with Crippen LogP contribution in [-0.2, 0) is 5.75 Å². The van der Waals surface area contributed by atoms with Gasteiger partial charge in [-0.1, -0.05) is 31.2 Å². The molecule has 0 fully saturated rings. The maximum atomic E-state index is 5.80. The van der Waals surface area contributed by atoms with Crippen LogP contribution >= 0.6 is 23.4 Å². The molecule has 1 heterocycles. The number of rotatable bonds is 4. The highest BCUT2D eigenvalue weighted by molar-refractivity contribution is 7.99. The Kier molecular flexibility index (Phi) is 4.08. The van der Waals surface area contributed by atoms with Crippen LogP contribution in [0.25, 0.3) is 10.9 Å². The molecule has 0 radical (unpaired) electrons. The van der Waals surface area contributed by atoms with Gasteiger partial charge in [0, 0.05) is 28.5 Å². The van der Waals surface area contributed by atoms with E-state index in [-0.39, 0.29) is 0 Å². The molecule has 1 aromatic carbocycles. The number of fused-ring (bicyclic) bond motifs is 1. The summed E-state index contributed by atoms with van der Waals surface area (Å²) in [6.07, 6.45) is 1.85. The summed E-state index contributed by atoms with van der Waals surface area (Å²) in [7, 11) is 0. The van der Waals surface area contributed by atoms with E-state index < -0.39 is 0 Å². The third-order valence-electron chi connectivity index (χ3n) is 2.46. The van der Waals surface area contributed by atoms with E-state index in [2.05, 4.69) is 36.2 Å². The van der Waals surface area contributed by atoms with Gasteiger partial charge in [0.25, 0.3) is 0 Å². The Hall–Kier alpha value is -0.730. The maximum Gasteiger partial charge on any atom is 0.0742 e. The zero-order chi connectivity index (χ0) is 11.4. The van der Waals surface area contributed by atoms with E-state index in [0.717, 1.165) is 11.3 Å². The Labute approximate surface area is 105 Å². The van der Waals surface area contributed by atoms with Crippen molar-refractivity contribution in [3.8, 4) is 0 Å². The van der Waals surface area contributed by atoms with E-state index in [1.165, 1.54) is 10.9 Å². The molecule has 1 atom stereocenters. The lowest BCUT2D eigenvalue weighted by Gasteiger charge is -2.08. The van der Waals surface area contributed by atoms with Gasteiger partial charge in [-0.05, 0) is 11.6 Å². The van der Waals surface area contributed by atoms with Crippen LogP contribution in [0.4, 0.5) is 0 Å². The molecule has 0 aliphatic rings. The number of para-hydroxylation sites is 1. The zero-order valence-corrected chi connectivity index (χ0v) is 10.8.